The first-order chi connectivity index (χ1) is 9.69. The molecule has 1 aromatic carbocycles. The minimum Gasteiger partial charge on any atom is -0.369 e. The highest BCUT2D eigenvalue weighted by Gasteiger charge is 2.49. The lowest BCUT2D eigenvalue weighted by Gasteiger charge is -2.47. The maximum Gasteiger partial charge on any atom is 0.196 e. The Balaban J connectivity index is 2.06. The average molecular weight is 336 g/mol. The number of benzene rings is 1. The molecule has 0 bridgehead atoms. The summed E-state index contributed by atoms with van der Waals surface area (Å²) in [6.45, 7) is 3.14. The van der Waals surface area contributed by atoms with Gasteiger partial charge in [0.1, 0.15) is 0 Å². The third-order valence-electron chi connectivity index (χ3n) is 4.95. The molecule has 1 fully saturated rings. The van der Waals surface area contributed by atoms with Crippen molar-refractivity contribution >= 4 is 27.6 Å². The molecule has 20 heavy (non-hydrogen) atoms. The molecule has 2 aliphatic rings. The number of para-hydroxylation sites is 1. The number of hydrogen-bond acceptors (Lipinski definition) is 3. The van der Waals surface area contributed by atoms with Crippen LogP contribution >= 0.6 is 15.9 Å². The first kappa shape index (κ1) is 13.9. The normalized spacial score (nSPS) is 29.8. The highest BCUT2D eigenvalue weighted by atomic mass is 79.9. The highest BCUT2D eigenvalue weighted by molar-refractivity contribution is 9.10. The number of hydrogen-bond donors (Lipinski definition) is 1. The molecule has 1 aliphatic carbocycles. The number of nitrogens with zero attached hydrogens (tertiary/aromatic N) is 2. The van der Waals surface area contributed by atoms with Gasteiger partial charge in [0, 0.05) is 4.47 Å². The molecule has 1 spiro atoms. The van der Waals surface area contributed by atoms with Crippen LogP contribution in [0.25, 0.3) is 0 Å². The summed E-state index contributed by atoms with van der Waals surface area (Å²) in [5.74, 6) is 1.35. The first-order valence-corrected chi connectivity index (χ1v) is 8.33. The third kappa shape index (κ3) is 2.05. The van der Waals surface area contributed by atoms with Crippen LogP contribution in [0.2, 0.25) is 0 Å². The standard InChI is InChI=1S/C16H22BrN3/c1-2-12-7-5-6-10-16(12)11-19-15(18)20(16)14-9-4-3-8-13(14)17/h3-4,8-9,12H,2,5-7,10-11H2,1H3,(H2,18,19). The predicted octanol–water partition coefficient (Wildman–Crippen LogP) is 3.92. The van der Waals surface area contributed by atoms with Crippen molar-refractivity contribution in [1.82, 2.24) is 0 Å². The number of aliphatic imine (C=N–C) groups is 1. The summed E-state index contributed by atoms with van der Waals surface area (Å²) in [6, 6.07) is 8.34. The van der Waals surface area contributed by atoms with E-state index in [2.05, 4.69) is 50.9 Å². The van der Waals surface area contributed by atoms with E-state index in [-0.39, 0.29) is 5.54 Å². The Labute approximate surface area is 129 Å². The van der Waals surface area contributed by atoms with Gasteiger partial charge in [0.05, 0.1) is 17.8 Å². The van der Waals surface area contributed by atoms with Gasteiger partial charge in [-0.3, -0.25) is 4.99 Å². The van der Waals surface area contributed by atoms with Crippen molar-refractivity contribution in [3.05, 3.63) is 28.7 Å². The number of guanidine groups is 1. The van der Waals surface area contributed by atoms with Crippen molar-refractivity contribution in [2.45, 2.75) is 44.6 Å². The number of rotatable bonds is 2. The molecule has 2 unspecified atom stereocenters. The fourth-order valence-corrected chi connectivity index (χ4v) is 4.43. The van der Waals surface area contributed by atoms with Crippen molar-refractivity contribution in [2.24, 2.45) is 16.6 Å². The van der Waals surface area contributed by atoms with E-state index in [1.165, 1.54) is 32.1 Å². The van der Waals surface area contributed by atoms with E-state index in [9.17, 15) is 0 Å². The molecule has 0 saturated heterocycles. The van der Waals surface area contributed by atoms with Crippen LogP contribution in [0.5, 0.6) is 0 Å². The Kier molecular flexibility index (Phi) is 3.76. The second-order valence-electron chi connectivity index (χ2n) is 5.92. The lowest BCUT2D eigenvalue weighted by atomic mass is 9.70. The summed E-state index contributed by atoms with van der Waals surface area (Å²) >= 11 is 3.67. The van der Waals surface area contributed by atoms with Gasteiger partial charge in [-0.05, 0) is 46.8 Å². The predicted molar refractivity (Wildman–Crippen MR) is 88.1 cm³/mol. The molecule has 0 aromatic heterocycles. The lowest BCUT2D eigenvalue weighted by Crippen LogP contribution is -2.57. The Morgan fingerprint density at radius 1 is 1.40 bits per heavy atom. The molecule has 1 aromatic rings. The van der Waals surface area contributed by atoms with E-state index in [1.54, 1.807) is 0 Å². The molecule has 0 amide bonds. The molecular weight excluding hydrogens is 314 g/mol. The zero-order valence-corrected chi connectivity index (χ0v) is 13.6. The number of halogens is 1. The van der Waals surface area contributed by atoms with E-state index in [0.29, 0.717) is 11.9 Å². The Morgan fingerprint density at radius 2 is 2.20 bits per heavy atom. The van der Waals surface area contributed by atoms with Crippen molar-refractivity contribution in [3.8, 4) is 0 Å². The monoisotopic (exact) mass is 335 g/mol. The van der Waals surface area contributed by atoms with Crippen LogP contribution in [-0.4, -0.2) is 18.0 Å². The average Bonchev–Trinajstić information content (AvgIpc) is 2.78. The molecular formula is C16H22BrN3. The highest BCUT2D eigenvalue weighted by Crippen LogP contribution is 2.46. The lowest BCUT2D eigenvalue weighted by molar-refractivity contribution is 0.201. The fraction of sp³-hybridized carbons (Fsp3) is 0.562. The second kappa shape index (κ2) is 5.40. The molecule has 2 N–H and O–H groups in total. The van der Waals surface area contributed by atoms with Gasteiger partial charge in [-0.25, -0.2) is 0 Å². The van der Waals surface area contributed by atoms with Gasteiger partial charge in [-0.15, -0.1) is 0 Å². The summed E-state index contributed by atoms with van der Waals surface area (Å²) in [7, 11) is 0. The molecule has 108 valence electrons. The zero-order valence-electron chi connectivity index (χ0n) is 12.0. The molecule has 3 nitrogen and oxygen atoms in total. The van der Waals surface area contributed by atoms with Gasteiger partial charge in [-0.2, -0.15) is 0 Å². The zero-order chi connectivity index (χ0) is 14.2. The molecule has 1 heterocycles. The van der Waals surface area contributed by atoms with Crippen LogP contribution in [0.3, 0.4) is 0 Å². The molecule has 1 aliphatic heterocycles. The largest absolute Gasteiger partial charge is 0.369 e. The third-order valence-corrected chi connectivity index (χ3v) is 5.62. The summed E-state index contributed by atoms with van der Waals surface area (Å²) in [6.07, 6.45) is 6.30. The quantitative estimate of drug-likeness (QED) is 0.889. The van der Waals surface area contributed by atoms with Crippen LogP contribution in [0, 0.1) is 5.92 Å². The van der Waals surface area contributed by atoms with E-state index in [1.807, 2.05) is 6.07 Å². The van der Waals surface area contributed by atoms with E-state index < -0.39 is 0 Å². The maximum absolute atomic E-state index is 6.26. The van der Waals surface area contributed by atoms with E-state index >= 15 is 0 Å². The molecule has 4 heteroatoms. The molecule has 0 radical (unpaired) electrons. The van der Waals surface area contributed by atoms with Crippen molar-refractivity contribution < 1.29 is 0 Å². The smallest absolute Gasteiger partial charge is 0.196 e. The van der Waals surface area contributed by atoms with Crippen LogP contribution in [0.15, 0.2) is 33.7 Å². The van der Waals surface area contributed by atoms with Crippen molar-refractivity contribution in [1.29, 1.82) is 0 Å². The van der Waals surface area contributed by atoms with Gasteiger partial charge >= 0.3 is 0 Å². The van der Waals surface area contributed by atoms with Crippen molar-refractivity contribution in [3.63, 3.8) is 0 Å². The van der Waals surface area contributed by atoms with Crippen molar-refractivity contribution in [2.75, 3.05) is 11.4 Å². The summed E-state index contributed by atoms with van der Waals surface area (Å²) < 4.78 is 1.10. The summed E-state index contributed by atoms with van der Waals surface area (Å²) in [5, 5.41) is 0. The Morgan fingerprint density at radius 3 is 2.95 bits per heavy atom. The second-order valence-corrected chi connectivity index (χ2v) is 6.77. The maximum atomic E-state index is 6.26. The Hall–Kier alpha value is -1.03. The SMILES string of the molecule is CCC1CCCCC12CN=C(N)N2c1ccccc1Br. The molecule has 2 atom stereocenters. The van der Waals surface area contributed by atoms with E-state index in [4.69, 9.17) is 5.73 Å². The summed E-state index contributed by atoms with van der Waals surface area (Å²) in [5.41, 5.74) is 7.51. The Bertz CT molecular complexity index is 528. The van der Waals surface area contributed by atoms with Crippen LogP contribution in [0.1, 0.15) is 39.0 Å². The minimum atomic E-state index is 0.0982. The number of nitrogens with two attached hydrogens (primary N) is 1. The van der Waals surface area contributed by atoms with Gasteiger partial charge in [0.25, 0.3) is 0 Å². The van der Waals surface area contributed by atoms with Gasteiger partial charge in [-0.1, -0.05) is 38.3 Å². The molecule has 1 saturated carbocycles. The van der Waals surface area contributed by atoms with Crippen LogP contribution < -0.4 is 10.6 Å². The number of anilines is 1. The summed E-state index contributed by atoms with van der Waals surface area (Å²) in [4.78, 5) is 6.92. The van der Waals surface area contributed by atoms with Crippen LogP contribution in [-0.2, 0) is 0 Å². The first-order valence-electron chi connectivity index (χ1n) is 7.54. The molecule has 3 rings (SSSR count). The van der Waals surface area contributed by atoms with Gasteiger partial charge in [0.2, 0.25) is 0 Å². The van der Waals surface area contributed by atoms with E-state index in [0.717, 1.165) is 16.7 Å². The topological polar surface area (TPSA) is 41.6 Å². The van der Waals surface area contributed by atoms with Gasteiger partial charge < -0.3 is 10.6 Å². The van der Waals surface area contributed by atoms with Crippen LogP contribution in [0.4, 0.5) is 5.69 Å². The van der Waals surface area contributed by atoms with Gasteiger partial charge in [0.15, 0.2) is 5.96 Å². The minimum absolute atomic E-state index is 0.0982. The fourth-order valence-electron chi connectivity index (χ4n) is 3.97.